The molecule has 3 aromatic carbocycles. The van der Waals surface area contributed by atoms with Gasteiger partial charge in [-0.2, -0.15) is 0 Å². The number of hydrogen-bond donors (Lipinski definition) is 4. The molecule has 1 fully saturated rings. The van der Waals surface area contributed by atoms with Gasteiger partial charge in [-0.25, -0.2) is 0 Å². The third kappa shape index (κ3) is 8.17. The number of H-pyrrole nitrogens is 1. The predicted molar refractivity (Wildman–Crippen MR) is 183 cm³/mol. The molecular formula is C38H44N4O5. The fourth-order valence-electron chi connectivity index (χ4n) is 6.43. The molecule has 1 aromatic heterocycles. The second-order valence-electron chi connectivity index (χ2n) is 12.4. The first-order valence-electron chi connectivity index (χ1n) is 16.2. The van der Waals surface area contributed by atoms with Crippen molar-refractivity contribution in [2.24, 2.45) is 0 Å². The van der Waals surface area contributed by atoms with Gasteiger partial charge < -0.3 is 30.4 Å². The minimum absolute atomic E-state index is 0.0523. The molecule has 1 heterocycles. The van der Waals surface area contributed by atoms with Crippen LogP contribution in [0.2, 0.25) is 0 Å². The number of benzene rings is 3. The van der Waals surface area contributed by atoms with Crippen molar-refractivity contribution in [1.82, 2.24) is 20.5 Å². The van der Waals surface area contributed by atoms with Crippen LogP contribution in [0.4, 0.5) is 0 Å². The molecule has 246 valence electrons. The normalized spacial score (nSPS) is 15.7. The van der Waals surface area contributed by atoms with Crippen molar-refractivity contribution >= 4 is 11.8 Å². The molecular weight excluding hydrogens is 592 g/mol. The average molecular weight is 637 g/mol. The van der Waals surface area contributed by atoms with Crippen molar-refractivity contribution in [3.63, 3.8) is 0 Å². The highest BCUT2D eigenvalue weighted by Gasteiger charge is 2.37. The number of aromatic nitrogens is 1. The standard InChI is InChI=1S/C38H44N4O5/c1-26(28-15-8-5-9-16-28)42(2)37(46)29-22-33(40-35(44)23-29)36(45)41-32(21-27-13-6-4-7-14-27)34(43)25-39-38(19-10-11-20-38)30-17-12-18-31(24-30)47-3/h4-9,12-18,22-24,26,32,34,39,43H,10-11,19-21,25H2,1-3H3,(H,40,44)(H,41,45)/t26-,32+,34-/m1/s1. The van der Waals surface area contributed by atoms with Gasteiger partial charge in [-0.15, -0.1) is 0 Å². The van der Waals surface area contributed by atoms with Gasteiger partial charge in [-0.1, -0.05) is 85.6 Å². The Morgan fingerprint density at radius 3 is 2.32 bits per heavy atom. The molecule has 3 atom stereocenters. The summed E-state index contributed by atoms with van der Waals surface area (Å²) in [5, 5.41) is 18.2. The van der Waals surface area contributed by atoms with Crippen molar-refractivity contribution in [3.05, 3.63) is 135 Å². The number of methoxy groups -OCH3 is 1. The van der Waals surface area contributed by atoms with E-state index in [2.05, 4.69) is 21.7 Å². The third-order valence-corrected chi connectivity index (χ3v) is 9.33. The Balaban J connectivity index is 1.35. The molecule has 4 N–H and O–H groups in total. The zero-order valence-corrected chi connectivity index (χ0v) is 27.2. The highest BCUT2D eigenvalue weighted by molar-refractivity contribution is 5.98. The number of carbonyl (C=O) groups is 2. The third-order valence-electron chi connectivity index (χ3n) is 9.33. The molecule has 0 bridgehead atoms. The van der Waals surface area contributed by atoms with E-state index < -0.39 is 23.6 Å². The molecule has 1 aliphatic carbocycles. The van der Waals surface area contributed by atoms with Crippen molar-refractivity contribution in [1.29, 1.82) is 0 Å². The molecule has 0 saturated heterocycles. The molecule has 0 aliphatic heterocycles. The van der Waals surface area contributed by atoms with Crippen LogP contribution in [0.5, 0.6) is 5.75 Å². The predicted octanol–water partition coefficient (Wildman–Crippen LogP) is 4.98. The van der Waals surface area contributed by atoms with Crippen LogP contribution in [0.15, 0.2) is 102 Å². The fraction of sp³-hybridized carbons (Fsp3) is 0.342. The summed E-state index contributed by atoms with van der Waals surface area (Å²) in [6, 6.07) is 28.9. The first-order valence-corrected chi connectivity index (χ1v) is 16.2. The minimum atomic E-state index is -0.961. The Hall–Kier alpha value is -4.73. The largest absolute Gasteiger partial charge is 0.497 e. The highest BCUT2D eigenvalue weighted by Crippen LogP contribution is 2.39. The number of carbonyl (C=O) groups excluding carboxylic acids is 2. The lowest BCUT2D eigenvalue weighted by molar-refractivity contribution is 0.0742. The van der Waals surface area contributed by atoms with Gasteiger partial charge in [0.25, 0.3) is 11.8 Å². The van der Waals surface area contributed by atoms with E-state index in [0.717, 1.165) is 48.1 Å². The molecule has 1 aliphatic rings. The van der Waals surface area contributed by atoms with E-state index in [9.17, 15) is 19.5 Å². The van der Waals surface area contributed by atoms with E-state index in [-0.39, 0.29) is 35.3 Å². The van der Waals surface area contributed by atoms with Gasteiger partial charge in [-0.05, 0) is 61.1 Å². The number of amides is 2. The summed E-state index contributed by atoms with van der Waals surface area (Å²) in [7, 11) is 3.32. The van der Waals surface area contributed by atoms with Gasteiger partial charge in [-0.3, -0.25) is 14.4 Å². The van der Waals surface area contributed by atoms with Crippen LogP contribution in [0.25, 0.3) is 0 Å². The number of rotatable bonds is 13. The molecule has 9 heteroatoms. The summed E-state index contributed by atoms with van der Waals surface area (Å²) in [6.07, 6.45) is 3.36. The number of aliphatic hydroxyl groups excluding tert-OH is 1. The second-order valence-corrected chi connectivity index (χ2v) is 12.4. The van der Waals surface area contributed by atoms with Crippen LogP contribution in [-0.4, -0.2) is 59.7 Å². The fourth-order valence-corrected chi connectivity index (χ4v) is 6.43. The summed E-state index contributed by atoms with van der Waals surface area (Å²) in [6.45, 7) is 2.13. The van der Waals surface area contributed by atoms with Crippen molar-refractivity contribution in [3.8, 4) is 5.75 Å². The topological polar surface area (TPSA) is 124 Å². The zero-order valence-electron chi connectivity index (χ0n) is 27.2. The van der Waals surface area contributed by atoms with Crippen molar-refractivity contribution < 1.29 is 19.4 Å². The first-order chi connectivity index (χ1) is 22.7. The number of aliphatic hydroxyl groups is 1. The van der Waals surface area contributed by atoms with Crippen LogP contribution in [-0.2, 0) is 12.0 Å². The monoisotopic (exact) mass is 636 g/mol. The Morgan fingerprint density at radius 2 is 1.64 bits per heavy atom. The zero-order chi connectivity index (χ0) is 33.4. The number of aromatic amines is 1. The minimum Gasteiger partial charge on any atom is -0.497 e. The summed E-state index contributed by atoms with van der Waals surface area (Å²) >= 11 is 0. The van der Waals surface area contributed by atoms with E-state index in [4.69, 9.17) is 4.74 Å². The summed E-state index contributed by atoms with van der Waals surface area (Å²) in [4.78, 5) is 43.9. The van der Waals surface area contributed by atoms with Gasteiger partial charge in [0.15, 0.2) is 0 Å². The highest BCUT2D eigenvalue weighted by atomic mass is 16.5. The maximum absolute atomic E-state index is 13.7. The number of hydrogen-bond acceptors (Lipinski definition) is 6. The Morgan fingerprint density at radius 1 is 0.957 bits per heavy atom. The van der Waals surface area contributed by atoms with Crippen LogP contribution in [0.1, 0.15) is 76.2 Å². The molecule has 5 rings (SSSR count). The second kappa shape index (κ2) is 15.2. The quantitative estimate of drug-likeness (QED) is 0.164. The van der Waals surface area contributed by atoms with Crippen molar-refractivity contribution in [2.75, 3.05) is 20.7 Å². The Bertz CT molecular complexity index is 1700. The number of ether oxygens (including phenoxy) is 1. The van der Waals surface area contributed by atoms with E-state index in [1.54, 1.807) is 19.1 Å². The van der Waals surface area contributed by atoms with Gasteiger partial charge in [0, 0.05) is 30.8 Å². The maximum atomic E-state index is 13.7. The maximum Gasteiger partial charge on any atom is 0.268 e. The molecule has 1 saturated carbocycles. The molecule has 0 unspecified atom stereocenters. The molecule has 0 spiro atoms. The molecule has 9 nitrogen and oxygen atoms in total. The molecule has 4 aromatic rings. The van der Waals surface area contributed by atoms with Crippen LogP contribution in [0, 0.1) is 0 Å². The number of nitrogens with one attached hydrogen (secondary N) is 3. The van der Waals surface area contributed by atoms with E-state index in [0.29, 0.717) is 6.42 Å². The van der Waals surface area contributed by atoms with Gasteiger partial charge in [0.2, 0.25) is 5.56 Å². The summed E-state index contributed by atoms with van der Waals surface area (Å²) in [5.41, 5.74) is 2.16. The van der Waals surface area contributed by atoms with Gasteiger partial charge in [0.05, 0.1) is 25.3 Å². The molecule has 47 heavy (non-hydrogen) atoms. The molecule has 0 radical (unpaired) electrons. The number of nitrogens with zero attached hydrogens (tertiary/aromatic N) is 1. The van der Waals surface area contributed by atoms with Gasteiger partial charge in [0.1, 0.15) is 11.4 Å². The van der Waals surface area contributed by atoms with Crippen LogP contribution < -0.4 is 20.9 Å². The van der Waals surface area contributed by atoms with E-state index >= 15 is 0 Å². The SMILES string of the molecule is COc1cccc(C2(NC[C@@H](O)[C@H](Cc3ccccc3)NC(=O)c3cc(C(=O)N(C)[C@H](C)c4ccccc4)cc(=O)[nH]3)CCCC2)c1. The smallest absolute Gasteiger partial charge is 0.268 e. The summed E-state index contributed by atoms with van der Waals surface area (Å²) < 4.78 is 5.48. The Labute approximate surface area is 276 Å². The van der Waals surface area contributed by atoms with Crippen molar-refractivity contribution in [2.45, 2.75) is 62.8 Å². The lowest BCUT2D eigenvalue weighted by Crippen LogP contribution is -2.52. The average Bonchev–Trinajstić information content (AvgIpc) is 3.60. The number of pyridine rings is 1. The van der Waals surface area contributed by atoms with Crippen LogP contribution in [0.3, 0.4) is 0 Å². The van der Waals surface area contributed by atoms with E-state index in [1.807, 2.05) is 85.8 Å². The lowest BCUT2D eigenvalue weighted by Gasteiger charge is -2.34. The van der Waals surface area contributed by atoms with Gasteiger partial charge >= 0.3 is 0 Å². The van der Waals surface area contributed by atoms with Crippen LogP contribution >= 0.6 is 0 Å². The first kappa shape index (κ1) is 33.6. The lowest BCUT2D eigenvalue weighted by atomic mass is 9.87. The van der Waals surface area contributed by atoms with E-state index in [1.165, 1.54) is 12.1 Å². The summed E-state index contributed by atoms with van der Waals surface area (Å²) in [5.74, 6) is -0.189. The Kier molecular flexibility index (Phi) is 10.9. The molecule has 2 amide bonds.